The second-order valence-corrected chi connectivity index (χ2v) is 5.27. The summed E-state index contributed by atoms with van der Waals surface area (Å²) in [5.41, 5.74) is 0.0484. The van der Waals surface area contributed by atoms with Gasteiger partial charge in [-0.05, 0) is 18.2 Å². The van der Waals surface area contributed by atoms with E-state index in [1.165, 1.54) is 12.1 Å². The molecule has 0 aliphatic carbocycles. The zero-order valence-electron chi connectivity index (χ0n) is 9.72. The fourth-order valence-corrected chi connectivity index (χ4v) is 2.58. The minimum Gasteiger partial charge on any atom is -0.480 e. The van der Waals surface area contributed by atoms with Gasteiger partial charge < -0.3 is 15.1 Å². The fraction of sp³-hybridized carbons (Fsp3) is 0.333. The number of β-amino-alcohol motifs (C(OH)–C–C–N with tert-alkyl or cyclic N) is 1. The average molecular weight is 332 g/mol. The van der Waals surface area contributed by atoms with E-state index in [9.17, 15) is 19.1 Å². The van der Waals surface area contributed by atoms with Crippen LogP contribution in [-0.4, -0.2) is 45.7 Å². The molecule has 0 saturated carbocycles. The number of likely N-dealkylation sites (tertiary alicyclic amines) is 1. The number of aliphatic hydroxyl groups is 1. The number of carbonyl (C=O) groups is 2. The molecule has 0 bridgehead atoms. The smallest absolute Gasteiger partial charge is 0.326 e. The van der Waals surface area contributed by atoms with Crippen molar-refractivity contribution in [2.24, 2.45) is 0 Å². The first-order chi connectivity index (χ1) is 8.88. The van der Waals surface area contributed by atoms with E-state index in [4.69, 9.17) is 5.11 Å². The number of rotatable bonds is 2. The van der Waals surface area contributed by atoms with E-state index < -0.39 is 29.8 Å². The standard InChI is InChI=1S/C12H11BrFNO4/c13-7-1-6(2-8(14)3-7)11(17)15-5-9(16)4-10(15)12(18)19/h1-3,9-10,16H,4-5H2,(H,18,19)/t9-,10+/m1/s1. The van der Waals surface area contributed by atoms with Crippen molar-refractivity contribution in [3.8, 4) is 0 Å². The maximum Gasteiger partial charge on any atom is 0.326 e. The maximum atomic E-state index is 13.2. The number of carboxylic acids is 1. The van der Waals surface area contributed by atoms with Gasteiger partial charge in [0.05, 0.1) is 6.10 Å². The molecule has 5 nitrogen and oxygen atoms in total. The molecular weight excluding hydrogens is 321 g/mol. The largest absolute Gasteiger partial charge is 0.480 e. The molecule has 2 rings (SSSR count). The van der Waals surface area contributed by atoms with Crippen molar-refractivity contribution < 1.29 is 24.2 Å². The SMILES string of the molecule is O=C(O)[C@@H]1C[C@@H](O)CN1C(=O)c1cc(F)cc(Br)c1. The van der Waals surface area contributed by atoms with Gasteiger partial charge in [-0.25, -0.2) is 9.18 Å². The van der Waals surface area contributed by atoms with Crippen LogP contribution in [0.3, 0.4) is 0 Å². The van der Waals surface area contributed by atoms with Gasteiger partial charge in [0.1, 0.15) is 11.9 Å². The fourth-order valence-electron chi connectivity index (χ4n) is 2.12. The molecule has 1 amide bonds. The van der Waals surface area contributed by atoms with Crippen LogP contribution in [0.1, 0.15) is 16.8 Å². The molecule has 1 aliphatic rings. The predicted octanol–water partition coefficient (Wildman–Crippen LogP) is 1.25. The molecule has 7 heteroatoms. The zero-order valence-corrected chi connectivity index (χ0v) is 11.3. The van der Waals surface area contributed by atoms with Gasteiger partial charge in [0, 0.05) is 23.0 Å². The lowest BCUT2D eigenvalue weighted by molar-refractivity contribution is -0.141. The first kappa shape index (κ1) is 14.0. The number of carboxylic acid groups (broad SMARTS) is 1. The lowest BCUT2D eigenvalue weighted by Gasteiger charge is -2.21. The minimum absolute atomic E-state index is 0.0163. The molecule has 1 aromatic carbocycles. The number of halogens is 2. The monoisotopic (exact) mass is 331 g/mol. The second kappa shape index (κ2) is 5.26. The van der Waals surface area contributed by atoms with Crippen molar-refractivity contribution >= 4 is 27.8 Å². The Morgan fingerprint density at radius 2 is 2.05 bits per heavy atom. The first-order valence-corrected chi connectivity index (χ1v) is 6.35. The highest BCUT2D eigenvalue weighted by molar-refractivity contribution is 9.10. The molecule has 2 N–H and O–H groups in total. The van der Waals surface area contributed by atoms with Gasteiger partial charge in [0.15, 0.2) is 0 Å². The molecule has 1 aliphatic heterocycles. The molecule has 0 spiro atoms. The molecule has 1 heterocycles. The number of aliphatic hydroxyl groups excluding tert-OH is 1. The van der Waals surface area contributed by atoms with Crippen LogP contribution in [0.2, 0.25) is 0 Å². The van der Waals surface area contributed by atoms with Crippen LogP contribution < -0.4 is 0 Å². The lowest BCUT2D eigenvalue weighted by Crippen LogP contribution is -2.40. The summed E-state index contributed by atoms with van der Waals surface area (Å²) in [6.45, 7) is -0.0655. The number of hydrogen-bond acceptors (Lipinski definition) is 3. The van der Waals surface area contributed by atoms with Gasteiger partial charge in [-0.3, -0.25) is 4.79 Å². The molecule has 19 heavy (non-hydrogen) atoms. The van der Waals surface area contributed by atoms with E-state index in [2.05, 4.69) is 15.9 Å². The third-order valence-electron chi connectivity index (χ3n) is 2.93. The molecular formula is C12H11BrFNO4. The summed E-state index contributed by atoms with van der Waals surface area (Å²) in [6.07, 6.45) is -0.889. The maximum absolute atomic E-state index is 13.2. The molecule has 2 atom stereocenters. The average Bonchev–Trinajstić information content (AvgIpc) is 2.69. The van der Waals surface area contributed by atoms with Gasteiger partial charge in [0.25, 0.3) is 5.91 Å². The summed E-state index contributed by atoms with van der Waals surface area (Å²) in [4.78, 5) is 24.3. The summed E-state index contributed by atoms with van der Waals surface area (Å²) >= 11 is 3.07. The zero-order chi connectivity index (χ0) is 14.2. The second-order valence-electron chi connectivity index (χ2n) is 4.36. The van der Waals surface area contributed by atoms with E-state index >= 15 is 0 Å². The van der Waals surface area contributed by atoms with Gasteiger partial charge in [0.2, 0.25) is 0 Å². The number of aliphatic carboxylic acids is 1. The van der Waals surface area contributed by atoms with Crippen LogP contribution in [-0.2, 0) is 4.79 Å². The Bertz CT molecular complexity index is 516. The highest BCUT2D eigenvalue weighted by atomic mass is 79.9. The minimum atomic E-state index is -1.18. The summed E-state index contributed by atoms with van der Waals surface area (Å²) < 4.78 is 13.6. The summed E-state index contributed by atoms with van der Waals surface area (Å²) in [6, 6.07) is 2.57. The highest BCUT2D eigenvalue weighted by Crippen LogP contribution is 2.23. The number of amides is 1. The normalized spacial score (nSPS) is 22.6. The Morgan fingerprint density at radius 1 is 1.37 bits per heavy atom. The summed E-state index contributed by atoms with van der Waals surface area (Å²) in [7, 11) is 0. The quantitative estimate of drug-likeness (QED) is 0.854. The van der Waals surface area contributed by atoms with Crippen molar-refractivity contribution in [3.63, 3.8) is 0 Å². The van der Waals surface area contributed by atoms with Crippen LogP contribution in [0.5, 0.6) is 0 Å². The first-order valence-electron chi connectivity index (χ1n) is 5.56. The van der Waals surface area contributed by atoms with Crippen LogP contribution in [0, 0.1) is 5.82 Å². The van der Waals surface area contributed by atoms with Crippen LogP contribution >= 0.6 is 15.9 Å². The van der Waals surface area contributed by atoms with Crippen LogP contribution in [0.15, 0.2) is 22.7 Å². The Labute approximate surface area is 116 Å². The number of hydrogen-bond donors (Lipinski definition) is 2. The van der Waals surface area contributed by atoms with Crippen molar-refractivity contribution in [1.29, 1.82) is 0 Å². The van der Waals surface area contributed by atoms with Crippen molar-refractivity contribution in [1.82, 2.24) is 4.90 Å². The topological polar surface area (TPSA) is 77.8 Å². The van der Waals surface area contributed by atoms with E-state index in [1.807, 2.05) is 0 Å². The molecule has 0 radical (unpaired) electrons. The van der Waals surface area contributed by atoms with E-state index in [-0.39, 0.29) is 18.5 Å². The Balaban J connectivity index is 2.30. The van der Waals surface area contributed by atoms with Crippen molar-refractivity contribution in [2.75, 3.05) is 6.54 Å². The summed E-state index contributed by atoms with van der Waals surface area (Å²) in [5, 5.41) is 18.5. The van der Waals surface area contributed by atoms with Gasteiger partial charge in [-0.1, -0.05) is 15.9 Å². The van der Waals surface area contributed by atoms with Gasteiger partial charge >= 0.3 is 5.97 Å². The van der Waals surface area contributed by atoms with E-state index in [1.54, 1.807) is 0 Å². The molecule has 1 fully saturated rings. The molecule has 1 aromatic rings. The number of nitrogens with zero attached hydrogens (tertiary/aromatic N) is 1. The summed E-state index contributed by atoms with van der Waals surface area (Å²) in [5.74, 6) is -2.38. The van der Waals surface area contributed by atoms with E-state index in [0.717, 1.165) is 11.0 Å². The molecule has 1 saturated heterocycles. The Morgan fingerprint density at radius 3 is 2.63 bits per heavy atom. The lowest BCUT2D eigenvalue weighted by atomic mass is 10.1. The Hall–Kier alpha value is -1.47. The third kappa shape index (κ3) is 2.93. The third-order valence-corrected chi connectivity index (χ3v) is 3.39. The highest BCUT2D eigenvalue weighted by Gasteiger charge is 2.39. The number of carbonyl (C=O) groups excluding carboxylic acids is 1. The van der Waals surface area contributed by atoms with Gasteiger partial charge in [-0.2, -0.15) is 0 Å². The van der Waals surface area contributed by atoms with E-state index in [0.29, 0.717) is 4.47 Å². The van der Waals surface area contributed by atoms with Crippen molar-refractivity contribution in [3.05, 3.63) is 34.1 Å². The number of benzene rings is 1. The predicted molar refractivity (Wildman–Crippen MR) is 67.2 cm³/mol. The molecule has 102 valence electrons. The van der Waals surface area contributed by atoms with Crippen LogP contribution in [0.25, 0.3) is 0 Å². The Kier molecular flexibility index (Phi) is 3.86. The molecule has 0 unspecified atom stereocenters. The molecule has 0 aromatic heterocycles. The van der Waals surface area contributed by atoms with Gasteiger partial charge in [-0.15, -0.1) is 0 Å². The van der Waals surface area contributed by atoms with Crippen LogP contribution in [0.4, 0.5) is 4.39 Å². The van der Waals surface area contributed by atoms with Crippen molar-refractivity contribution in [2.45, 2.75) is 18.6 Å².